The number of halogens is 6. The number of pyridine rings is 1. The number of nitrogens with zero attached hydrogens (tertiary/aromatic N) is 1. The summed E-state index contributed by atoms with van der Waals surface area (Å²) in [5.74, 6) is -4.26. The summed E-state index contributed by atoms with van der Waals surface area (Å²) in [4.78, 5) is 3.26. The molecule has 1 unspecified atom stereocenters. The number of rotatable bonds is 3. The minimum absolute atomic E-state index is 0. The SMILES string of the molecule is Cl.FC(F)(F)c1cccc(OCC2CNCCC2(F)F)n1. The fourth-order valence-corrected chi connectivity index (χ4v) is 1.90. The van der Waals surface area contributed by atoms with Gasteiger partial charge in [-0.2, -0.15) is 13.2 Å². The summed E-state index contributed by atoms with van der Waals surface area (Å²) >= 11 is 0. The average Bonchev–Trinajstić information content (AvgIpc) is 2.36. The minimum atomic E-state index is -4.59. The van der Waals surface area contributed by atoms with Crippen LogP contribution < -0.4 is 10.1 Å². The molecule has 2 rings (SSSR count). The van der Waals surface area contributed by atoms with E-state index in [0.29, 0.717) is 0 Å². The molecule has 1 aromatic heterocycles. The van der Waals surface area contributed by atoms with E-state index in [-0.39, 0.29) is 44.4 Å². The van der Waals surface area contributed by atoms with Gasteiger partial charge in [0.25, 0.3) is 5.92 Å². The molecule has 1 N–H and O–H groups in total. The molecule has 0 spiro atoms. The van der Waals surface area contributed by atoms with E-state index in [0.717, 1.165) is 12.1 Å². The summed E-state index contributed by atoms with van der Waals surface area (Å²) in [6, 6.07) is 3.13. The third-order valence-corrected chi connectivity index (χ3v) is 3.07. The smallest absolute Gasteiger partial charge is 0.433 e. The lowest BCUT2D eigenvalue weighted by atomic mass is 9.96. The lowest BCUT2D eigenvalue weighted by Gasteiger charge is -2.31. The van der Waals surface area contributed by atoms with Crippen molar-refractivity contribution in [3.63, 3.8) is 0 Å². The van der Waals surface area contributed by atoms with Crippen LogP contribution >= 0.6 is 12.4 Å². The van der Waals surface area contributed by atoms with Crippen LogP contribution in [0.25, 0.3) is 0 Å². The van der Waals surface area contributed by atoms with Crippen molar-refractivity contribution >= 4 is 12.4 Å². The van der Waals surface area contributed by atoms with Crippen molar-refractivity contribution in [3.8, 4) is 5.88 Å². The van der Waals surface area contributed by atoms with Gasteiger partial charge in [0.05, 0.1) is 12.5 Å². The number of nitrogens with one attached hydrogen (secondary N) is 1. The Balaban J connectivity index is 0.00000220. The first-order valence-corrected chi connectivity index (χ1v) is 6.04. The van der Waals surface area contributed by atoms with Crippen LogP contribution in [0.1, 0.15) is 12.1 Å². The molecular weight excluding hydrogens is 319 g/mol. The Hall–Kier alpha value is -1.15. The molecule has 1 aliphatic heterocycles. The number of hydrogen-bond donors (Lipinski definition) is 1. The van der Waals surface area contributed by atoms with E-state index < -0.39 is 23.7 Å². The maximum atomic E-state index is 13.5. The number of aromatic nitrogens is 1. The minimum Gasteiger partial charge on any atom is -0.477 e. The normalized spacial score (nSPS) is 21.5. The largest absolute Gasteiger partial charge is 0.477 e. The molecule has 1 fully saturated rings. The van der Waals surface area contributed by atoms with Gasteiger partial charge in [-0.1, -0.05) is 6.07 Å². The molecule has 0 bridgehead atoms. The molecule has 120 valence electrons. The van der Waals surface area contributed by atoms with Gasteiger partial charge in [-0.3, -0.25) is 0 Å². The summed E-state index contributed by atoms with van der Waals surface area (Å²) in [5, 5.41) is 2.80. The van der Waals surface area contributed by atoms with Gasteiger partial charge in [-0.05, 0) is 6.07 Å². The molecule has 0 radical (unpaired) electrons. The second kappa shape index (κ2) is 6.74. The van der Waals surface area contributed by atoms with Gasteiger partial charge in [-0.15, -0.1) is 12.4 Å². The second-order valence-corrected chi connectivity index (χ2v) is 4.58. The number of alkyl halides is 5. The van der Waals surface area contributed by atoms with Gasteiger partial charge in [-0.25, -0.2) is 13.8 Å². The average molecular weight is 333 g/mol. The number of piperidine rings is 1. The Morgan fingerprint density at radius 1 is 1.33 bits per heavy atom. The van der Waals surface area contributed by atoms with Crippen LogP contribution in [-0.2, 0) is 6.18 Å². The molecule has 0 saturated carbocycles. The molecule has 9 heteroatoms. The fourth-order valence-electron chi connectivity index (χ4n) is 1.90. The summed E-state index contributed by atoms with van der Waals surface area (Å²) in [5.41, 5.74) is -1.11. The monoisotopic (exact) mass is 332 g/mol. The zero-order valence-corrected chi connectivity index (χ0v) is 11.6. The van der Waals surface area contributed by atoms with E-state index in [9.17, 15) is 22.0 Å². The first-order chi connectivity index (χ1) is 9.29. The van der Waals surface area contributed by atoms with Crippen LogP contribution in [0.2, 0.25) is 0 Å². The molecule has 0 amide bonds. The van der Waals surface area contributed by atoms with Crippen LogP contribution in [0.4, 0.5) is 22.0 Å². The van der Waals surface area contributed by atoms with Crippen LogP contribution in [0.3, 0.4) is 0 Å². The van der Waals surface area contributed by atoms with E-state index in [4.69, 9.17) is 4.74 Å². The molecule has 1 aromatic rings. The Bertz CT molecular complexity index is 469. The molecule has 21 heavy (non-hydrogen) atoms. The van der Waals surface area contributed by atoms with E-state index in [1.165, 1.54) is 6.07 Å². The molecule has 1 saturated heterocycles. The van der Waals surface area contributed by atoms with E-state index in [2.05, 4.69) is 10.3 Å². The number of ether oxygens (including phenoxy) is 1. The van der Waals surface area contributed by atoms with Crippen molar-refractivity contribution in [3.05, 3.63) is 23.9 Å². The van der Waals surface area contributed by atoms with Crippen molar-refractivity contribution in [1.82, 2.24) is 10.3 Å². The van der Waals surface area contributed by atoms with E-state index in [1.807, 2.05) is 0 Å². The third kappa shape index (κ3) is 4.67. The Labute approximate surface area is 124 Å². The van der Waals surface area contributed by atoms with Crippen LogP contribution in [0.15, 0.2) is 18.2 Å². The van der Waals surface area contributed by atoms with Crippen LogP contribution in [0.5, 0.6) is 5.88 Å². The quantitative estimate of drug-likeness (QED) is 0.864. The van der Waals surface area contributed by atoms with Gasteiger partial charge in [0.2, 0.25) is 5.88 Å². The Morgan fingerprint density at radius 2 is 2.05 bits per heavy atom. The first kappa shape index (κ1) is 17.9. The highest BCUT2D eigenvalue weighted by atomic mass is 35.5. The summed E-state index contributed by atoms with van der Waals surface area (Å²) in [6.45, 7) is -0.106. The molecule has 1 aliphatic rings. The summed E-state index contributed by atoms with van der Waals surface area (Å²) in [7, 11) is 0. The van der Waals surface area contributed by atoms with Crippen molar-refractivity contribution in [2.24, 2.45) is 5.92 Å². The fraction of sp³-hybridized carbons (Fsp3) is 0.583. The van der Waals surface area contributed by atoms with Crippen molar-refractivity contribution in [1.29, 1.82) is 0 Å². The van der Waals surface area contributed by atoms with Crippen molar-refractivity contribution in [2.45, 2.75) is 18.5 Å². The number of hydrogen-bond acceptors (Lipinski definition) is 3. The zero-order chi connectivity index (χ0) is 14.8. The highest BCUT2D eigenvalue weighted by molar-refractivity contribution is 5.85. The molecular formula is C12H14ClF5N2O. The topological polar surface area (TPSA) is 34.1 Å². The Kier molecular flexibility index (Phi) is 5.75. The van der Waals surface area contributed by atoms with Gasteiger partial charge in [0.15, 0.2) is 0 Å². The van der Waals surface area contributed by atoms with Crippen LogP contribution in [0, 0.1) is 5.92 Å². The summed E-state index contributed by atoms with van der Waals surface area (Å²) < 4.78 is 69.3. The highest BCUT2D eigenvalue weighted by Crippen LogP contribution is 2.32. The van der Waals surface area contributed by atoms with Gasteiger partial charge in [0.1, 0.15) is 5.69 Å². The van der Waals surface area contributed by atoms with Crippen molar-refractivity contribution in [2.75, 3.05) is 19.7 Å². The first-order valence-electron chi connectivity index (χ1n) is 6.04. The van der Waals surface area contributed by atoms with Gasteiger partial charge < -0.3 is 10.1 Å². The molecule has 1 atom stereocenters. The van der Waals surface area contributed by atoms with Crippen LogP contribution in [-0.4, -0.2) is 30.6 Å². The maximum Gasteiger partial charge on any atom is 0.433 e. The Morgan fingerprint density at radius 3 is 2.67 bits per heavy atom. The zero-order valence-electron chi connectivity index (χ0n) is 10.8. The van der Waals surface area contributed by atoms with Gasteiger partial charge in [0, 0.05) is 25.6 Å². The molecule has 2 heterocycles. The molecule has 0 aromatic carbocycles. The van der Waals surface area contributed by atoms with Gasteiger partial charge >= 0.3 is 6.18 Å². The standard InChI is InChI=1S/C12H13F5N2O.ClH/c13-11(14)4-5-18-6-8(11)7-20-10-3-1-2-9(19-10)12(15,16)17;/h1-3,8,18H,4-7H2;1H. The maximum absolute atomic E-state index is 13.5. The van der Waals surface area contributed by atoms with E-state index >= 15 is 0 Å². The second-order valence-electron chi connectivity index (χ2n) is 4.58. The third-order valence-electron chi connectivity index (χ3n) is 3.07. The lowest BCUT2D eigenvalue weighted by molar-refractivity contribution is -0.141. The summed E-state index contributed by atoms with van der Waals surface area (Å²) in [6.07, 6.45) is -4.90. The highest BCUT2D eigenvalue weighted by Gasteiger charge is 2.42. The van der Waals surface area contributed by atoms with Crippen molar-refractivity contribution < 1.29 is 26.7 Å². The predicted octanol–water partition coefficient (Wildman–Crippen LogP) is 3.15. The lowest BCUT2D eigenvalue weighted by Crippen LogP contribution is -2.47. The molecule has 3 nitrogen and oxygen atoms in total. The van der Waals surface area contributed by atoms with E-state index in [1.54, 1.807) is 0 Å². The predicted molar refractivity (Wildman–Crippen MR) is 67.9 cm³/mol. The molecule has 0 aliphatic carbocycles.